The second-order valence-electron chi connectivity index (χ2n) is 5.88. The Morgan fingerprint density at radius 2 is 1.82 bits per heavy atom. The van der Waals surface area contributed by atoms with Crippen LogP contribution >= 0.6 is 0 Å². The lowest BCUT2D eigenvalue weighted by molar-refractivity contribution is -0.117. The quantitative estimate of drug-likeness (QED) is 0.910. The predicted molar refractivity (Wildman–Crippen MR) is 81.1 cm³/mol. The van der Waals surface area contributed by atoms with Crippen LogP contribution in [0.15, 0.2) is 24.3 Å². The molecule has 2 fully saturated rings. The number of amides is 3. The monoisotopic (exact) mass is 305 g/mol. The van der Waals surface area contributed by atoms with Gasteiger partial charge in [-0.25, -0.2) is 9.18 Å². The van der Waals surface area contributed by atoms with Gasteiger partial charge in [-0.05, 0) is 43.5 Å². The lowest BCUT2D eigenvalue weighted by Crippen LogP contribution is -2.47. The van der Waals surface area contributed by atoms with Crippen molar-refractivity contribution in [3.8, 4) is 0 Å². The standard InChI is InChI=1S/C16H20FN3O2/c17-12-4-6-14(7-5-12)20-11-13(10-15(20)21)18-16(22)19-8-2-1-3-9-19/h4-7,13H,1-3,8-11H2,(H,18,22). The van der Waals surface area contributed by atoms with Gasteiger partial charge in [-0.3, -0.25) is 4.79 Å². The first-order chi connectivity index (χ1) is 10.6. The third-order valence-corrected chi connectivity index (χ3v) is 4.23. The van der Waals surface area contributed by atoms with Crippen LogP contribution in [0, 0.1) is 5.82 Å². The summed E-state index contributed by atoms with van der Waals surface area (Å²) >= 11 is 0. The number of rotatable bonds is 2. The number of carbonyl (C=O) groups is 2. The molecular formula is C16H20FN3O2. The van der Waals surface area contributed by atoms with Crippen LogP contribution in [0.3, 0.4) is 0 Å². The lowest BCUT2D eigenvalue weighted by atomic mass is 10.1. The first-order valence-corrected chi connectivity index (χ1v) is 7.75. The van der Waals surface area contributed by atoms with Gasteiger partial charge in [0.05, 0.1) is 6.04 Å². The maximum absolute atomic E-state index is 13.0. The Kier molecular flexibility index (Phi) is 4.27. The number of piperidine rings is 1. The number of halogens is 1. The van der Waals surface area contributed by atoms with Crippen molar-refractivity contribution in [1.29, 1.82) is 0 Å². The molecule has 0 saturated carbocycles. The van der Waals surface area contributed by atoms with E-state index in [1.807, 2.05) is 4.90 Å². The molecule has 0 aliphatic carbocycles. The number of hydrogen-bond donors (Lipinski definition) is 1. The van der Waals surface area contributed by atoms with Crippen LogP contribution < -0.4 is 10.2 Å². The predicted octanol–water partition coefficient (Wildman–Crippen LogP) is 2.13. The van der Waals surface area contributed by atoms with Gasteiger partial charge < -0.3 is 15.1 Å². The molecule has 1 N–H and O–H groups in total. The maximum Gasteiger partial charge on any atom is 0.317 e. The van der Waals surface area contributed by atoms with Crippen LogP contribution in [0.1, 0.15) is 25.7 Å². The van der Waals surface area contributed by atoms with Crippen molar-refractivity contribution in [1.82, 2.24) is 10.2 Å². The number of benzene rings is 1. The zero-order chi connectivity index (χ0) is 15.5. The highest BCUT2D eigenvalue weighted by Gasteiger charge is 2.32. The molecule has 0 aromatic heterocycles. The van der Waals surface area contributed by atoms with E-state index in [0.717, 1.165) is 25.9 Å². The largest absolute Gasteiger partial charge is 0.333 e. The summed E-state index contributed by atoms with van der Waals surface area (Å²) in [5.74, 6) is -0.374. The molecule has 2 aliphatic heterocycles. The van der Waals surface area contributed by atoms with E-state index < -0.39 is 0 Å². The molecule has 1 aromatic carbocycles. The Balaban J connectivity index is 1.59. The fourth-order valence-electron chi connectivity index (χ4n) is 3.04. The molecule has 2 aliphatic rings. The van der Waals surface area contributed by atoms with Crippen molar-refractivity contribution < 1.29 is 14.0 Å². The van der Waals surface area contributed by atoms with Gasteiger partial charge in [-0.15, -0.1) is 0 Å². The first-order valence-electron chi connectivity index (χ1n) is 7.75. The summed E-state index contributed by atoms with van der Waals surface area (Å²) in [6.07, 6.45) is 3.54. The minimum atomic E-state index is -0.328. The molecule has 118 valence electrons. The van der Waals surface area contributed by atoms with Crippen molar-refractivity contribution in [2.75, 3.05) is 24.5 Å². The summed E-state index contributed by atoms with van der Waals surface area (Å²) in [7, 11) is 0. The second-order valence-corrected chi connectivity index (χ2v) is 5.88. The number of carbonyl (C=O) groups excluding carboxylic acids is 2. The second kappa shape index (κ2) is 6.34. The summed E-state index contributed by atoms with van der Waals surface area (Å²) in [6.45, 7) is 2.01. The molecule has 2 heterocycles. The van der Waals surface area contributed by atoms with Gasteiger partial charge in [-0.2, -0.15) is 0 Å². The average Bonchev–Trinajstić information content (AvgIpc) is 2.89. The summed E-state index contributed by atoms with van der Waals surface area (Å²) < 4.78 is 13.0. The highest BCUT2D eigenvalue weighted by atomic mass is 19.1. The molecule has 1 unspecified atom stereocenters. The fraction of sp³-hybridized carbons (Fsp3) is 0.500. The highest BCUT2D eigenvalue weighted by molar-refractivity contribution is 5.96. The molecule has 0 spiro atoms. The van der Waals surface area contributed by atoms with E-state index in [2.05, 4.69) is 5.32 Å². The lowest BCUT2D eigenvalue weighted by Gasteiger charge is -2.28. The molecule has 1 atom stereocenters. The third-order valence-electron chi connectivity index (χ3n) is 4.23. The van der Waals surface area contributed by atoms with Gasteiger partial charge in [0, 0.05) is 31.7 Å². The van der Waals surface area contributed by atoms with Gasteiger partial charge in [0.25, 0.3) is 0 Å². The van der Waals surface area contributed by atoms with Crippen LogP contribution in [0.4, 0.5) is 14.9 Å². The molecule has 0 bridgehead atoms. The van der Waals surface area contributed by atoms with Crippen molar-refractivity contribution in [2.24, 2.45) is 0 Å². The van der Waals surface area contributed by atoms with Crippen LogP contribution in [-0.4, -0.2) is 42.5 Å². The summed E-state index contributed by atoms with van der Waals surface area (Å²) in [5.41, 5.74) is 0.668. The molecule has 6 heteroatoms. The normalized spacial score (nSPS) is 22.0. The zero-order valence-electron chi connectivity index (χ0n) is 12.4. The summed E-state index contributed by atoms with van der Waals surface area (Å²) in [4.78, 5) is 27.7. The van der Waals surface area contributed by atoms with Gasteiger partial charge in [0.2, 0.25) is 5.91 Å². The molecule has 3 rings (SSSR count). The maximum atomic E-state index is 13.0. The van der Waals surface area contributed by atoms with Gasteiger partial charge in [0.15, 0.2) is 0 Å². The number of anilines is 1. The van der Waals surface area contributed by atoms with Crippen molar-refractivity contribution in [3.05, 3.63) is 30.1 Å². The Morgan fingerprint density at radius 3 is 2.50 bits per heavy atom. The molecule has 0 radical (unpaired) electrons. The molecule has 22 heavy (non-hydrogen) atoms. The molecule has 1 aromatic rings. The molecule has 5 nitrogen and oxygen atoms in total. The van der Waals surface area contributed by atoms with E-state index in [0.29, 0.717) is 12.2 Å². The van der Waals surface area contributed by atoms with E-state index in [-0.39, 0.29) is 30.2 Å². The number of urea groups is 1. The van der Waals surface area contributed by atoms with E-state index in [1.165, 1.54) is 18.6 Å². The van der Waals surface area contributed by atoms with Crippen LogP contribution in [0.25, 0.3) is 0 Å². The highest BCUT2D eigenvalue weighted by Crippen LogP contribution is 2.22. The number of hydrogen-bond acceptors (Lipinski definition) is 2. The van der Waals surface area contributed by atoms with E-state index in [4.69, 9.17) is 0 Å². The zero-order valence-corrected chi connectivity index (χ0v) is 12.4. The average molecular weight is 305 g/mol. The van der Waals surface area contributed by atoms with Gasteiger partial charge in [-0.1, -0.05) is 0 Å². The Morgan fingerprint density at radius 1 is 1.14 bits per heavy atom. The molecule has 3 amide bonds. The van der Waals surface area contributed by atoms with Crippen molar-refractivity contribution in [3.63, 3.8) is 0 Å². The van der Waals surface area contributed by atoms with Crippen LogP contribution in [0.2, 0.25) is 0 Å². The fourth-order valence-corrected chi connectivity index (χ4v) is 3.04. The minimum absolute atomic E-state index is 0.0458. The summed E-state index contributed by atoms with van der Waals surface area (Å²) in [5, 5.41) is 2.94. The van der Waals surface area contributed by atoms with Crippen molar-refractivity contribution in [2.45, 2.75) is 31.7 Å². The minimum Gasteiger partial charge on any atom is -0.333 e. The summed E-state index contributed by atoms with van der Waals surface area (Å²) in [6, 6.07) is 5.57. The van der Waals surface area contributed by atoms with E-state index in [1.54, 1.807) is 17.0 Å². The van der Waals surface area contributed by atoms with Gasteiger partial charge in [0.1, 0.15) is 5.82 Å². The van der Waals surface area contributed by atoms with E-state index >= 15 is 0 Å². The molecular weight excluding hydrogens is 285 g/mol. The number of nitrogens with zero attached hydrogens (tertiary/aromatic N) is 2. The van der Waals surface area contributed by atoms with Crippen LogP contribution in [0.5, 0.6) is 0 Å². The van der Waals surface area contributed by atoms with Crippen molar-refractivity contribution >= 4 is 17.6 Å². The topological polar surface area (TPSA) is 52.7 Å². The Hall–Kier alpha value is -2.11. The van der Waals surface area contributed by atoms with E-state index in [9.17, 15) is 14.0 Å². The van der Waals surface area contributed by atoms with Gasteiger partial charge >= 0.3 is 6.03 Å². The number of likely N-dealkylation sites (tertiary alicyclic amines) is 1. The number of nitrogens with one attached hydrogen (secondary N) is 1. The Labute approximate surface area is 129 Å². The smallest absolute Gasteiger partial charge is 0.317 e. The SMILES string of the molecule is O=C(NC1CC(=O)N(c2ccc(F)cc2)C1)N1CCCCC1. The third kappa shape index (κ3) is 3.21. The molecule has 2 saturated heterocycles. The van der Waals surface area contributed by atoms with Crippen LogP contribution in [-0.2, 0) is 4.79 Å². The Bertz CT molecular complexity index is 555. The first kappa shape index (κ1) is 14.8.